The summed E-state index contributed by atoms with van der Waals surface area (Å²) in [5.74, 6) is -0.896. The van der Waals surface area contributed by atoms with Gasteiger partial charge in [-0.1, -0.05) is 6.07 Å². The maximum atomic E-state index is 12.8. The molecule has 0 fully saturated rings. The number of carbonyl (C=O) groups excluding carboxylic acids is 2. The second kappa shape index (κ2) is 9.60. The fourth-order valence-electron chi connectivity index (χ4n) is 2.32. The summed E-state index contributed by atoms with van der Waals surface area (Å²) in [5, 5.41) is 18.3. The Bertz CT molecular complexity index is 948. The number of hydrogen-bond acceptors (Lipinski definition) is 8. The third-order valence-corrected chi connectivity index (χ3v) is 4.10. The Morgan fingerprint density at radius 1 is 1.14 bits per heavy atom. The van der Waals surface area contributed by atoms with E-state index in [4.69, 9.17) is 21.3 Å². The van der Waals surface area contributed by atoms with Gasteiger partial charge in [0.2, 0.25) is 6.04 Å². The number of nitrogens with zero attached hydrogens (tertiary/aromatic N) is 4. The second-order valence-electron chi connectivity index (χ2n) is 5.63. The van der Waals surface area contributed by atoms with Crippen molar-refractivity contribution in [2.45, 2.75) is 13.0 Å². The van der Waals surface area contributed by atoms with E-state index in [1.165, 1.54) is 51.5 Å². The molecule has 2 rings (SSSR count). The van der Waals surface area contributed by atoms with Crippen LogP contribution < -0.4 is 13.9 Å². The molecule has 1 amide bonds. The van der Waals surface area contributed by atoms with Crippen LogP contribution in [0.2, 0.25) is 0 Å². The van der Waals surface area contributed by atoms with Gasteiger partial charge in [-0.25, -0.2) is 4.42 Å². The zero-order valence-corrected chi connectivity index (χ0v) is 16.5. The van der Waals surface area contributed by atoms with Crippen LogP contribution in [-0.4, -0.2) is 36.9 Å². The van der Waals surface area contributed by atoms with Gasteiger partial charge in [0.15, 0.2) is 17.3 Å². The molecule has 0 aliphatic carbocycles. The lowest BCUT2D eigenvalue weighted by Crippen LogP contribution is -2.36. The van der Waals surface area contributed by atoms with Crippen molar-refractivity contribution in [3.05, 3.63) is 52.6 Å². The first-order valence-electron chi connectivity index (χ1n) is 8.16. The molecule has 0 saturated carbocycles. The summed E-state index contributed by atoms with van der Waals surface area (Å²) in [6.07, 6.45) is 0. The van der Waals surface area contributed by atoms with Crippen molar-refractivity contribution in [3.8, 4) is 11.5 Å². The molecule has 2 aromatic rings. The monoisotopic (exact) mass is 420 g/mol. The normalized spacial score (nSPS) is 11.7. The summed E-state index contributed by atoms with van der Waals surface area (Å²) in [4.78, 5) is 34.8. The molecule has 0 spiro atoms. The highest BCUT2D eigenvalue weighted by Gasteiger charge is 2.31. The van der Waals surface area contributed by atoms with Crippen LogP contribution in [0.1, 0.15) is 6.92 Å². The third-order valence-electron chi connectivity index (χ3n) is 3.76. The summed E-state index contributed by atoms with van der Waals surface area (Å²) in [7, 11) is 2.81. The average Bonchev–Trinajstić information content (AvgIpc) is 2.72. The Morgan fingerprint density at radius 3 is 2.31 bits per heavy atom. The molecule has 1 atom stereocenters. The van der Waals surface area contributed by atoms with Crippen LogP contribution in [0.15, 0.2) is 52.7 Å². The Morgan fingerprint density at radius 2 is 1.79 bits per heavy atom. The molecule has 0 heterocycles. The summed E-state index contributed by atoms with van der Waals surface area (Å²) in [6, 6.07) is 8.35. The van der Waals surface area contributed by atoms with Crippen molar-refractivity contribution in [2.75, 3.05) is 18.6 Å². The predicted molar refractivity (Wildman–Crippen MR) is 105 cm³/mol. The number of carbonyl (C=O) groups is 2. The highest BCUT2D eigenvalue weighted by atomic mass is 35.5. The Kier molecular flexibility index (Phi) is 7.21. The average molecular weight is 421 g/mol. The van der Waals surface area contributed by atoms with Gasteiger partial charge in [0.05, 0.1) is 24.8 Å². The number of Topliss-reactive ketones (excluding diaryl/α,β-unsaturated/α-hetero) is 1. The zero-order valence-electron chi connectivity index (χ0n) is 15.7. The minimum absolute atomic E-state index is 0.125. The molecule has 2 aromatic carbocycles. The van der Waals surface area contributed by atoms with Crippen LogP contribution in [0.4, 0.5) is 17.1 Å². The molecule has 1 unspecified atom stereocenters. The number of amides is 1. The van der Waals surface area contributed by atoms with Crippen LogP contribution in [0.25, 0.3) is 0 Å². The van der Waals surface area contributed by atoms with Gasteiger partial charge in [-0.3, -0.25) is 19.7 Å². The molecule has 0 saturated heterocycles. The van der Waals surface area contributed by atoms with Crippen LogP contribution in [0.3, 0.4) is 0 Å². The number of anilines is 1. The molecule has 11 heteroatoms. The molecular formula is C18H17ClN4O6. The topological polar surface area (TPSA) is 124 Å². The number of azo groups is 1. The number of benzene rings is 2. The number of hydrogen-bond donors (Lipinski definition) is 0. The molecule has 10 nitrogen and oxygen atoms in total. The number of halogens is 1. The van der Waals surface area contributed by atoms with Crippen molar-refractivity contribution in [2.24, 2.45) is 10.2 Å². The first kappa shape index (κ1) is 21.8. The van der Waals surface area contributed by atoms with E-state index in [-0.39, 0.29) is 22.8 Å². The quantitative estimate of drug-likeness (QED) is 0.210. The molecule has 29 heavy (non-hydrogen) atoms. The molecular weight excluding hydrogens is 404 g/mol. The van der Waals surface area contributed by atoms with Gasteiger partial charge in [0.25, 0.3) is 11.6 Å². The number of methoxy groups -OCH3 is 2. The third kappa shape index (κ3) is 5.05. The van der Waals surface area contributed by atoms with E-state index >= 15 is 0 Å². The Balaban J connectivity index is 2.29. The minimum atomic E-state index is -1.52. The van der Waals surface area contributed by atoms with Gasteiger partial charge in [0.1, 0.15) is 5.69 Å². The van der Waals surface area contributed by atoms with Crippen LogP contribution >= 0.6 is 11.8 Å². The maximum Gasteiger partial charge on any atom is 0.276 e. The minimum Gasteiger partial charge on any atom is -0.493 e. The summed E-state index contributed by atoms with van der Waals surface area (Å²) in [6.45, 7) is 1.17. The summed E-state index contributed by atoms with van der Waals surface area (Å²) >= 11 is 6.17. The lowest BCUT2D eigenvalue weighted by molar-refractivity contribution is -0.384. The van der Waals surface area contributed by atoms with Crippen LogP contribution in [-0.2, 0) is 9.59 Å². The van der Waals surface area contributed by atoms with Crippen molar-refractivity contribution in [3.63, 3.8) is 0 Å². The van der Waals surface area contributed by atoms with E-state index in [1.54, 1.807) is 12.1 Å². The molecule has 0 bridgehead atoms. The van der Waals surface area contributed by atoms with Gasteiger partial charge in [0, 0.05) is 23.9 Å². The van der Waals surface area contributed by atoms with Crippen LogP contribution in [0.5, 0.6) is 11.5 Å². The van der Waals surface area contributed by atoms with Gasteiger partial charge < -0.3 is 9.47 Å². The van der Waals surface area contributed by atoms with E-state index in [0.29, 0.717) is 10.2 Å². The Labute approximate surface area is 171 Å². The number of non-ortho nitro benzene ring substituents is 1. The zero-order chi connectivity index (χ0) is 21.6. The maximum absolute atomic E-state index is 12.8. The number of nitro groups is 1. The highest BCUT2D eigenvalue weighted by Crippen LogP contribution is 2.38. The van der Waals surface area contributed by atoms with Crippen molar-refractivity contribution in [1.29, 1.82) is 0 Å². The first-order valence-corrected chi connectivity index (χ1v) is 8.50. The van der Waals surface area contributed by atoms with Gasteiger partial charge in [-0.05, 0) is 31.2 Å². The van der Waals surface area contributed by atoms with E-state index in [2.05, 4.69) is 10.2 Å². The van der Waals surface area contributed by atoms with E-state index in [1.807, 2.05) is 0 Å². The lowest BCUT2D eigenvalue weighted by atomic mass is 10.2. The van der Waals surface area contributed by atoms with Gasteiger partial charge in [-0.15, -0.1) is 0 Å². The second-order valence-corrected chi connectivity index (χ2v) is 5.97. The molecule has 0 aliphatic heterocycles. The van der Waals surface area contributed by atoms with Crippen molar-refractivity contribution < 1.29 is 24.0 Å². The fourth-order valence-corrected chi connectivity index (χ4v) is 2.55. The van der Waals surface area contributed by atoms with Gasteiger partial charge >= 0.3 is 0 Å². The lowest BCUT2D eigenvalue weighted by Gasteiger charge is -2.20. The number of para-hydroxylation sites is 1. The molecule has 0 aliphatic rings. The fraction of sp³-hybridized carbons (Fsp3) is 0.222. The number of rotatable bonds is 8. The van der Waals surface area contributed by atoms with Crippen LogP contribution in [0, 0.1) is 10.1 Å². The number of nitro benzene ring substituents is 1. The van der Waals surface area contributed by atoms with Gasteiger partial charge in [-0.2, -0.15) is 10.2 Å². The summed E-state index contributed by atoms with van der Waals surface area (Å²) < 4.78 is 11.1. The number of ketones is 1. The standard InChI is InChI=1S/C18H17ClN4O6/c1-11(24)16(21-20-12-7-9-13(10-8-12)23(26)27)18(25)22(19)14-5-4-6-15(28-2)17(14)29-3/h4-10,16H,1-3H3. The van der Waals surface area contributed by atoms with E-state index in [9.17, 15) is 19.7 Å². The SMILES string of the molecule is COc1cccc(N(Cl)C(=O)C(N=Nc2ccc([N+](=O)[O-])cc2)C(C)=O)c1OC. The van der Waals surface area contributed by atoms with Crippen molar-refractivity contribution >= 4 is 40.5 Å². The highest BCUT2D eigenvalue weighted by molar-refractivity contribution is 6.39. The molecule has 0 radical (unpaired) electrons. The molecule has 0 N–H and O–H groups in total. The van der Waals surface area contributed by atoms with E-state index in [0.717, 1.165) is 0 Å². The largest absolute Gasteiger partial charge is 0.493 e. The first-order chi connectivity index (χ1) is 13.8. The van der Waals surface area contributed by atoms with Crippen molar-refractivity contribution in [1.82, 2.24) is 0 Å². The number of ether oxygens (including phenoxy) is 2. The smallest absolute Gasteiger partial charge is 0.276 e. The summed E-state index contributed by atoms with van der Waals surface area (Å²) in [5.41, 5.74) is 0.269. The molecule has 0 aromatic heterocycles. The Hall–Kier alpha value is -3.53. The predicted octanol–water partition coefficient (Wildman–Crippen LogP) is 3.84. The molecule has 152 valence electrons. The van der Waals surface area contributed by atoms with E-state index < -0.39 is 22.7 Å².